The number of hydrogen-bond acceptors (Lipinski definition) is 3. The topological polar surface area (TPSA) is 41.1 Å². The zero-order valence-electron chi connectivity index (χ0n) is 10.3. The van der Waals surface area contributed by atoms with Gasteiger partial charge in [-0.25, -0.2) is 0 Å². The van der Waals surface area contributed by atoms with Crippen LogP contribution in [0, 0.1) is 0 Å². The second-order valence-corrected chi connectivity index (χ2v) is 5.77. The van der Waals surface area contributed by atoms with Gasteiger partial charge in [-0.15, -0.1) is 11.3 Å². The van der Waals surface area contributed by atoms with E-state index in [0.29, 0.717) is 13.0 Å². The lowest BCUT2D eigenvalue weighted by Crippen LogP contribution is -2.34. The average Bonchev–Trinajstić information content (AvgIpc) is 2.64. The van der Waals surface area contributed by atoms with Crippen LogP contribution in [0.3, 0.4) is 0 Å². The van der Waals surface area contributed by atoms with E-state index in [2.05, 4.69) is 10.6 Å². The van der Waals surface area contributed by atoms with Crippen LogP contribution >= 0.6 is 22.9 Å². The highest BCUT2D eigenvalue weighted by atomic mass is 35.5. The van der Waals surface area contributed by atoms with E-state index in [4.69, 9.17) is 11.6 Å². The molecule has 1 amide bonds. The lowest BCUT2D eigenvalue weighted by atomic mass is 10.2. The van der Waals surface area contributed by atoms with Gasteiger partial charge in [0.2, 0.25) is 5.91 Å². The molecule has 2 N–H and O–H groups in total. The van der Waals surface area contributed by atoms with Crippen LogP contribution in [0.4, 0.5) is 0 Å². The van der Waals surface area contributed by atoms with Crippen LogP contribution in [0.5, 0.6) is 0 Å². The summed E-state index contributed by atoms with van der Waals surface area (Å²) in [4.78, 5) is 12.8. The van der Waals surface area contributed by atoms with E-state index in [-0.39, 0.29) is 11.9 Å². The molecule has 1 heterocycles. The van der Waals surface area contributed by atoms with Gasteiger partial charge in [-0.1, -0.05) is 18.5 Å². The summed E-state index contributed by atoms with van der Waals surface area (Å²) in [6, 6.07) is 4.12. The smallest absolute Gasteiger partial charge is 0.221 e. The minimum Gasteiger partial charge on any atom is -0.356 e. The molecule has 0 fully saturated rings. The first-order valence-electron chi connectivity index (χ1n) is 5.86. The van der Waals surface area contributed by atoms with Gasteiger partial charge < -0.3 is 10.6 Å². The summed E-state index contributed by atoms with van der Waals surface area (Å²) in [5, 5.41) is 6.13. The fourth-order valence-corrected chi connectivity index (χ4v) is 2.67. The highest BCUT2D eigenvalue weighted by molar-refractivity contribution is 7.16. The van der Waals surface area contributed by atoms with Crippen LogP contribution in [0.15, 0.2) is 12.1 Å². The van der Waals surface area contributed by atoms with Crippen molar-refractivity contribution in [3.05, 3.63) is 21.3 Å². The molecule has 0 aliphatic heterocycles. The molecule has 1 aromatic rings. The van der Waals surface area contributed by atoms with Gasteiger partial charge >= 0.3 is 0 Å². The van der Waals surface area contributed by atoms with E-state index in [9.17, 15) is 4.79 Å². The molecule has 1 aromatic heterocycles. The molecule has 0 saturated carbocycles. The third-order valence-electron chi connectivity index (χ3n) is 2.37. The Morgan fingerprint density at radius 2 is 2.29 bits per heavy atom. The lowest BCUT2D eigenvalue weighted by molar-refractivity contribution is -0.121. The van der Waals surface area contributed by atoms with E-state index in [0.717, 1.165) is 17.3 Å². The van der Waals surface area contributed by atoms with Gasteiger partial charge in [-0.2, -0.15) is 0 Å². The highest BCUT2D eigenvalue weighted by Gasteiger charge is 2.07. The number of hydrogen-bond donors (Lipinski definition) is 2. The molecule has 0 aromatic carbocycles. The minimum absolute atomic E-state index is 0.0982. The van der Waals surface area contributed by atoms with Crippen molar-refractivity contribution < 1.29 is 4.79 Å². The van der Waals surface area contributed by atoms with Gasteiger partial charge in [-0.05, 0) is 32.0 Å². The molecule has 1 unspecified atom stereocenters. The summed E-state index contributed by atoms with van der Waals surface area (Å²) >= 11 is 7.39. The Morgan fingerprint density at radius 1 is 1.53 bits per heavy atom. The third-order valence-corrected chi connectivity index (χ3v) is 3.66. The predicted octanol–water partition coefficient (Wildman–Crippen LogP) is 2.45. The number of rotatable bonds is 7. The number of amides is 1. The zero-order valence-corrected chi connectivity index (χ0v) is 11.8. The Balaban J connectivity index is 2.16. The Morgan fingerprint density at radius 3 is 2.88 bits per heavy atom. The SMILES string of the molecule is CCNC(C)CC(=O)NCCc1ccc(Cl)s1. The summed E-state index contributed by atoms with van der Waals surface area (Å²) < 4.78 is 0.798. The maximum atomic E-state index is 11.5. The summed E-state index contributed by atoms with van der Waals surface area (Å²) in [5.74, 6) is 0.0982. The molecule has 96 valence electrons. The van der Waals surface area contributed by atoms with E-state index < -0.39 is 0 Å². The van der Waals surface area contributed by atoms with Crippen molar-refractivity contribution in [1.82, 2.24) is 10.6 Å². The van der Waals surface area contributed by atoms with Gasteiger partial charge in [-0.3, -0.25) is 4.79 Å². The normalized spacial score (nSPS) is 12.4. The van der Waals surface area contributed by atoms with Crippen molar-refractivity contribution in [1.29, 1.82) is 0 Å². The molecule has 17 heavy (non-hydrogen) atoms. The highest BCUT2D eigenvalue weighted by Crippen LogP contribution is 2.21. The number of thiophene rings is 1. The monoisotopic (exact) mass is 274 g/mol. The molecule has 0 radical (unpaired) electrons. The Bertz CT molecular complexity index is 354. The molecule has 1 rings (SSSR count). The Hall–Kier alpha value is -0.580. The number of carbonyl (C=O) groups is 1. The summed E-state index contributed by atoms with van der Waals surface area (Å²) in [7, 11) is 0. The summed E-state index contributed by atoms with van der Waals surface area (Å²) in [5.41, 5.74) is 0. The maximum absolute atomic E-state index is 11.5. The van der Waals surface area contributed by atoms with Crippen LogP contribution in [0.2, 0.25) is 4.34 Å². The first-order chi connectivity index (χ1) is 8.11. The van der Waals surface area contributed by atoms with Crippen LogP contribution in [-0.4, -0.2) is 25.0 Å². The Labute approximate surface area is 112 Å². The standard InChI is InChI=1S/C12H19ClN2OS/c1-3-14-9(2)8-12(16)15-7-6-10-4-5-11(13)17-10/h4-5,9,14H,3,6-8H2,1-2H3,(H,15,16). The van der Waals surface area contributed by atoms with Gasteiger partial charge in [0.25, 0.3) is 0 Å². The second kappa shape index (κ2) is 7.69. The van der Waals surface area contributed by atoms with Crippen molar-refractivity contribution in [3.8, 4) is 0 Å². The van der Waals surface area contributed by atoms with Crippen molar-refractivity contribution in [2.75, 3.05) is 13.1 Å². The summed E-state index contributed by atoms with van der Waals surface area (Å²) in [6.45, 7) is 5.62. The average molecular weight is 275 g/mol. The summed E-state index contributed by atoms with van der Waals surface area (Å²) in [6.07, 6.45) is 1.37. The molecule has 3 nitrogen and oxygen atoms in total. The molecule has 0 aliphatic rings. The van der Waals surface area contributed by atoms with Crippen LogP contribution < -0.4 is 10.6 Å². The number of halogens is 1. The van der Waals surface area contributed by atoms with E-state index in [1.165, 1.54) is 4.88 Å². The first-order valence-corrected chi connectivity index (χ1v) is 7.05. The molecule has 5 heteroatoms. The van der Waals surface area contributed by atoms with Crippen molar-refractivity contribution in [3.63, 3.8) is 0 Å². The molecular formula is C12H19ClN2OS. The van der Waals surface area contributed by atoms with Gasteiger partial charge in [0.15, 0.2) is 0 Å². The number of nitrogens with one attached hydrogen (secondary N) is 2. The molecule has 0 saturated heterocycles. The van der Waals surface area contributed by atoms with E-state index >= 15 is 0 Å². The minimum atomic E-state index is 0.0982. The van der Waals surface area contributed by atoms with Crippen LogP contribution in [0.25, 0.3) is 0 Å². The number of carbonyl (C=O) groups excluding carboxylic acids is 1. The van der Waals surface area contributed by atoms with E-state index in [1.54, 1.807) is 11.3 Å². The van der Waals surface area contributed by atoms with Gasteiger partial charge in [0.05, 0.1) is 4.34 Å². The fourth-order valence-electron chi connectivity index (χ4n) is 1.58. The second-order valence-electron chi connectivity index (χ2n) is 3.97. The molecular weight excluding hydrogens is 256 g/mol. The van der Waals surface area contributed by atoms with Gasteiger partial charge in [0, 0.05) is 23.9 Å². The quantitative estimate of drug-likeness (QED) is 0.802. The van der Waals surface area contributed by atoms with E-state index in [1.807, 2.05) is 26.0 Å². The molecule has 1 atom stereocenters. The Kier molecular flexibility index (Phi) is 6.55. The van der Waals surface area contributed by atoms with Crippen LogP contribution in [-0.2, 0) is 11.2 Å². The van der Waals surface area contributed by atoms with Gasteiger partial charge in [0.1, 0.15) is 0 Å². The van der Waals surface area contributed by atoms with Crippen LogP contribution in [0.1, 0.15) is 25.1 Å². The third kappa shape index (κ3) is 6.05. The van der Waals surface area contributed by atoms with Crippen molar-refractivity contribution >= 4 is 28.8 Å². The molecule has 0 bridgehead atoms. The lowest BCUT2D eigenvalue weighted by Gasteiger charge is -2.11. The fraction of sp³-hybridized carbons (Fsp3) is 0.583. The maximum Gasteiger partial charge on any atom is 0.221 e. The van der Waals surface area contributed by atoms with Crippen molar-refractivity contribution in [2.24, 2.45) is 0 Å². The largest absolute Gasteiger partial charge is 0.356 e. The molecule has 0 spiro atoms. The predicted molar refractivity (Wildman–Crippen MR) is 73.8 cm³/mol. The van der Waals surface area contributed by atoms with Crippen molar-refractivity contribution in [2.45, 2.75) is 32.7 Å². The zero-order chi connectivity index (χ0) is 12.7. The first kappa shape index (κ1) is 14.5. The molecule has 0 aliphatic carbocycles.